The number of esters is 1. The van der Waals surface area contributed by atoms with Crippen LogP contribution in [0.3, 0.4) is 0 Å². The molecule has 0 atom stereocenters. The van der Waals surface area contributed by atoms with Crippen molar-refractivity contribution in [3.63, 3.8) is 0 Å². The van der Waals surface area contributed by atoms with Crippen LogP contribution < -0.4 is 0 Å². The van der Waals surface area contributed by atoms with Crippen LogP contribution >= 0.6 is 0 Å². The number of ketones is 1. The lowest BCUT2D eigenvalue weighted by molar-refractivity contribution is -0.384. The first kappa shape index (κ1) is 21.7. The van der Waals surface area contributed by atoms with Crippen molar-refractivity contribution >= 4 is 23.5 Å². The van der Waals surface area contributed by atoms with Gasteiger partial charge in [0.25, 0.3) is 5.69 Å². The molecule has 0 radical (unpaired) electrons. The highest BCUT2D eigenvalue weighted by atomic mass is 16.6. The van der Waals surface area contributed by atoms with Crippen molar-refractivity contribution in [1.82, 2.24) is 4.57 Å². The number of aryl methyl sites for hydroxylation is 1. The van der Waals surface area contributed by atoms with E-state index in [9.17, 15) is 19.7 Å². The first-order chi connectivity index (χ1) is 14.8. The third-order valence-electron chi connectivity index (χ3n) is 4.90. The molecule has 158 valence electrons. The van der Waals surface area contributed by atoms with Gasteiger partial charge in [0, 0.05) is 41.7 Å². The molecule has 0 saturated carbocycles. The zero-order valence-corrected chi connectivity index (χ0v) is 17.3. The number of nitro groups is 1. The molecule has 0 spiro atoms. The number of ether oxygens (including phenoxy) is 1. The van der Waals surface area contributed by atoms with Gasteiger partial charge in [-0.25, -0.2) is 4.79 Å². The monoisotopic (exact) mass is 418 g/mol. The Balaban J connectivity index is 1.62. The summed E-state index contributed by atoms with van der Waals surface area (Å²) in [4.78, 5) is 34.9. The number of carbonyl (C=O) groups is 2. The Kier molecular flexibility index (Phi) is 6.77. The second kappa shape index (κ2) is 9.67. The second-order valence-electron chi connectivity index (χ2n) is 7.07. The lowest BCUT2D eigenvalue weighted by Gasteiger charge is -2.10. The minimum absolute atomic E-state index is 0.0726. The van der Waals surface area contributed by atoms with Gasteiger partial charge in [0.1, 0.15) is 0 Å². The molecule has 2 aromatic carbocycles. The average Bonchev–Trinajstić information content (AvgIpc) is 3.05. The molecule has 31 heavy (non-hydrogen) atoms. The Hall–Kier alpha value is -4.00. The van der Waals surface area contributed by atoms with Gasteiger partial charge in [-0.1, -0.05) is 42.5 Å². The summed E-state index contributed by atoms with van der Waals surface area (Å²) in [5.41, 5.74) is 3.82. The fourth-order valence-electron chi connectivity index (χ4n) is 3.26. The quantitative estimate of drug-likeness (QED) is 0.177. The molecule has 0 saturated heterocycles. The molecule has 3 rings (SSSR count). The van der Waals surface area contributed by atoms with E-state index in [4.69, 9.17) is 4.74 Å². The normalized spacial score (nSPS) is 10.9. The molecule has 0 aliphatic heterocycles. The van der Waals surface area contributed by atoms with E-state index in [-0.39, 0.29) is 18.1 Å². The maximum Gasteiger partial charge on any atom is 0.331 e. The van der Waals surface area contributed by atoms with Gasteiger partial charge >= 0.3 is 5.97 Å². The number of non-ortho nitro benzene ring substituents is 1. The molecule has 0 unspecified atom stereocenters. The Morgan fingerprint density at radius 1 is 1.06 bits per heavy atom. The summed E-state index contributed by atoms with van der Waals surface area (Å²) >= 11 is 0. The molecule has 0 N–H and O–H groups in total. The maximum absolute atomic E-state index is 12.6. The number of nitrogens with zero attached hydrogens (tertiary/aromatic N) is 2. The fraction of sp³-hybridized carbons (Fsp3) is 0.167. The predicted octanol–water partition coefficient (Wildman–Crippen LogP) is 4.50. The number of hydrogen-bond acceptors (Lipinski definition) is 5. The fourth-order valence-corrected chi connectivity index (χ4v) is 3.26. The number of rotatable bonds is 8. The second-order valence-corrected chi connectivity index (χ2v) is 7.07. The van der Waals surface area contributed by atoms with Crippen molar-refractivity contribution < 1.29 is 19.2 Å². The van der Waals surface area contributed by atoms with E-state index in [2.05, 4.69) is 0 Å². The number of benzene rings is 2. The van der Waals surface area contributed by atoms with Gasteiger partial charge in [-0.2, -0.15) is 0 Å². The average molecular weight is 418 g/mol. The van der Waals surface area contributed by atoms with Crippen LogP contribution in [0.25, 0.3) is 6.08 Å². The van der Waals surface area contributed by atoms with Gasteiger partial charge in [-0.05, 0) is 37.1 Å². The number of carbonyl (C=O) groups excluding carboxylic acids is 2. The van der Waals surface area contributed by atoms with E-state index in [1.165, 1.54) is 24.3 Å². The Morgan fingerprint density at radius 3 is 2.52 bits per heavy atom. The third-order valence-corrected chi connectivity index (χ3v) is 4.90. The van der Waals surface area contributed by atoms with E-state index in [0.29, 0.717) is 17.7 Å². The zero-order chi connectivity index (χ0) is 22.4. The summed E-state index contributed by atoms with van der Waals surface area (Å²) in [6, 6.07) is 17.6. The van der Waals surface area contributed by atoms with Gasteiger partial charge in [0.05, 0.1) is 4.92 Å². The molecule has 0 aliphatic carbocycles. The summed E-state index contributed by atoms with van der Waals surface area (Å²) in [5, 5.41) is 10.8. The smallest absolute Gasteiger partial charge is 0.331 e. The van der Waals surface area contributed by atoms with Crippen molar-refractivity contribution in [3.05, 3.63) is 105 Å². The van der Waals surface area contributed by atoms with Gasteiger partial charge in [0.2, 0.25) is 5.78 Å². The number of nitro benzene ring substituents is 1. The van der Waals surface area contributed by atoms with E-state index in [0.717, 1.165) is 23.0 Å². The van der Waals surface area contributed by atoms with Crippen LogP contribution in [0.4, 0.5) is 5.69 Å². The van der Waals surface area contributed by atoms with E-state index in [1.807, 2.05) is 48.7 Å². The molecule has 1 aromatic heterocycles. The van der Waals surface area contributed by atoms with Gasteiger partial charge < -0.3 is 9.30 Å². The van der Waals surface area contributed by atoms with Crippen LogP contribution in [0.1, 0.15) is 32.9 Å². The van der Waals surface area contributed by atoms with Gasteiger partial charge in [0.15, 0.2) is 6.61 Å². The lowest BCUT2D eigenvalue weighted by atomic mass is 10.1. The predicted molar refractivity (Wildman–Crippen MR) is 117 cm³/mol. The number of hydrogen-bond donors (Lipinski definition) is 0. The molecule has 0 fully saturated rings. The lowest BCUT2D eigenvalue weighted by Crippen LogP contribution is -2.13. The summed E-state index contributed by atoms with van der Waals surface area (Å²) in [5.74, 6) is -0.984. The highest BCUT2D eigenvalue weighted by Gasteiger charge is 2.17. The topological polar surface area (TPSA) is 91.4 Å². The molecule has 0 aliphatic rings. The Labute approximate surface area is 179 Å². The van der Waals surface area contributed by atoms with Crippen LogP contribution in [0, 0.1) is 24.0 Å². The number of aromatic nitrogens is 1. The summed E-state index contributed by atoms with van der Waals surface area (Å²) < 4.78 is 7.11. The third kappa shape index (κ3) is 5.54. The largest absolute Gasteiger partial charge is 0.454 e. The SMILES string of the molecule is Cc1cc(C(=O)COC(=O)/C=C/c2cccc([N+](=O)[O-])c2)c(C)n1Cc1ccccc1. The van der Waals surface area contributed by atoms with Crippen molar-refractivity contribution in [3.8, 4) is 0 Å². The molecule has 7 nitrogen and oxygen atoms in total. The highest BCUT2D eigenvalue weighted by Crippen LogP contribution is 2.18. The summed E-state index contributed by atoms with van der Waals surface area (Å²) in [6.45, 7) is 4.07. The van der Waals surface area contributed by atoms with Crippen LogP contribution in [-0.2, 0) is 16.1 Å². The Morgan fingerprint density at radius 2 is 1.81 bits per heavy atom. The zero-order valence-electron chi connectivity index (χ0n) is 17.3. The van der Waals surface area contributed by atoms with Crippen molar-refractivity contribution in [2.75, 3.05) is 6.61 Å². The molecule has 1 heterocycles. The number of Topliss-reactive ketones (excluding diaryl/α,β-unsaturated/α-hetero) is 1. The minimum Gasteiger partial charge on any atom is -0.454 e. The van der Waals surface area contributed by atoms with E-state index >= 15 is 0 Å². The van der Waals surface area contributed by atoms with Crippen molar-refractivity contribution in [2.24, 2.45) is 0 Å². The Bertz CT molecular complexity index is 1150. The van der Waals surface area contributed by atoms with Crippen LogP contribution in [0.5, 0.6) is 0 Å². The van der Waals surface area contributed by atoms with Crippen molar-refractivity contribution in [2.45, 2.75) is 20.4 Å². The van der Waals surface area contributed by atoms with Crippen LogP contribution in [-0.4, -0.2) is 27.8 Å². The van der Waals surface area contributed by atoms with E-state index < -0.39 is 10.9 Å². The molecule has 0 bridgehead atoms. The van der Waals surface area contributed by atoms with Gasteiger partial charge in [-0.15, -0.1) is 0 Å². The molecule has 7 heteroatoms. The first-order valence-corrected chi connectivity index (χ1v) is 9.68. The van der Waals surface area contributed by atoms with Crippen LogP contribution in [0.2, 0.25) is 0 Å². The van der Waals surface area contributed by atoms with Crippen molar-refractivity contribution in [1.29, 1.82) is 0 Å². The standard InChI is InChI=1S/C24H22N2O5/c1-17-13-22(18(2)25(17)15-20-7-4-3-5-8-20)23(27)16-31-24(28)12-11-19-9-6-10-21(14-19)26(29)30/h3-14H,15-16H2,1-2H3/b12-11+. The summed E-state index contributed by atoms with van der Waals surface area (Å²) in [6.07, 6.45) is 2.55. The molecule has 0 amide bonds. The van der Waals surface area contributed by atoms with E-state index in [1.54, 1.807) is 12.1 Å². The minimum atomic E-state index is -0.696. The highest BCUT2D eigenvalue weighted by molar-refractivity contribution is 6.00. The molecular formula is C24H22N2O5. The molecular weight excluding hydrogens is 396 g/mol. The summed E-state index contributed by atoms with van der Waals surface area (Å²) in [7, 11) is 0. The first-order valence-electron chi connectivity index (χ1n) is 9.68. The van der Waals surface area contributed by atoms with Crippen LogP contribution in [0.15, 0.2) is 66.7 Å². The molecule has 3 aromatic rings. The van der Waals surface area contributed by atoms with Gasteiger partial charge in [-0.3, -0.25) is 14.9 Å². The maximum atomic E-state index is 12.6.